The molecule has 0 aliphatic carbocycles. The fraction of sp³-hybridized carbons (Fsp3) is 0.500. The predicted octanol–water partition coefficient (Wildman–Crippen LogP) is 3.39. The molecular formula is C14H20ClNO. The Morgan fingerprint density at radius 1 is 1.24 bits per heavy atom. The van der Waals surface area contributed by atoms with Crippen LogP contribution in [0.5, 0.6) is 0 Å². The highest BCUT2D eigenvalue weighted by Crippen LogP contribution is 2.09. The normalized spacial score (nSPS) is 10.2. The minimum absolute atomic E-state index is 0.0355. The molecule has 0 bridgehead atoms. The van der Waals surface area contributed by atoms with Gasteiger partial charge in [-0.1, -0.05) is 31.5 Å². The highest BCUT2D eigenvalue weighted by Gasteiger charge is 2.08. The highest BCUT2D eigenvalue weighted by atomic mass is 35.5. The molecule has 2 nitrogen and oxygen atoms in total. The number of rotatable bonds is 7. The summed E-state index contributed by atoms with van der Waals surface area (Å²) in [5.74, 6) is 0.736. The number of alkyl halides is 1. The predicted molar refractivity (Wildman–Crippen MR) is 72.7 cm³/mol. The van der Waals surface area contributed by atoms with Gasteiger partial charge in [0.25, 0.3) is 5.91 Å². The molecule has 0 atom stereocenters. The number of unbranched alkanes of at least 4 members (excludes halogenated alkanes) is 2. The summed E-state index contributed by atoms with van der Waals surface area (Å²) >= 11 is 5.59. The maximum atomic E-state index is 11.9. The fourth-order valence-electron chi connectivity index (χ4n) is 1.74. The van der Waals surface area contributed by atoms with Gasteiger partial charge in [0.1, 0.15) is 0 Å². The fourth-order valence-corrected chi connectivity index (χ4v) is 1.93. The number of carbonyl (C=O) groups is 1. The van der Waals surface area contributed by atoms with Gasteiger partial charge in [-0.25, -0.2) is 0 Å². The van der Waals surface area contributed by atoms with E-state index in [1.165, 1.54) is 0 Å². The zero-order valence-electron chi connectivity index (χ0n) is 10.3. The van der Waals surface area contributed by atoms with E-state index in [1.807, 2.05) is 24.3 Å². The first-order valence-corrected chi connectivity index (χ1v) is 6.75. The third-order valence-electron chi connectivity index (χ3n) is 2.74. The third-order valence-corrected chi connectivity index (χ3v) is 3.01. The lowest BCUT2D eigenvalue weighted by Crippen LogP contribution is -2.25. The molecule has 0 aliphatic rings. The number of hydrogen-bond donors (Lipinski definition) is 1. The third kappa shape index (κ3) is 4.78. The number of aryl methyl sites for hydroxylation is 1. The Morgan fingerprint density at radius 3 is 2.71 bits per heavy atom. The smallest absolute Gasteiger partial charge is 0.251 e. The van der Waals surface area contributed by atoms with Crippen molar-refractivity contribution in [1.29, 1.82) is 0 Å². The quantitative estimate of drug-likeness (QED) is 0.586. The molecule has 0 saturated heterocycles. The summed E-state index contributed by atoms with van der Waals surface area (Å²) < 4.78 is 0. The Balaban J connectivity index is 2.41. The van der Waals surface area contributed by atoms with E-state index in [2.05, 4.69) is 12.2 Å². The van der Waals surface area contributed by atoms with E-state index in [9.17, 15) is 4.79 Å². The average Bonchev–Trinajstić information content (AvgIpc) is 2.38. The highest BCUT2D eigenvalue weighted by molar-refractivity contribution is 6.17. The van der Waals surface area contributed by atoms with E-state index >= 15 is 0 Å². The lowest BCUT2D eigenvalue weighted by Gasteiger charge is -2.08. The van der Waals surface area contributed by atoms with Crippen molar-refractivity contribution >= 4 is 17.5 Å². The summed E-state index contributed by atoms with van der Waals surface area (Å²) in [7, 11) is 0. The molecule has 0 heterocycles. The van der Waals surface area contributed by atoms with E-state index in [0.717, 1.165) is 43.4 Å². The first kappa shape index (κ1) is 14.0. The molecule has 0 saturated carbocycles. The zero-order chi connectivity index (χ0) is 12.5. The van der Waals surface area contributed by atoms with Crippen molar-refractivity contribution < 1.29 is 4.79 Å². The second kappa shape index (κ2) is 8.13. The van der Waals surface area contributed by atoms with Gasteiger partial charge < -0.3 is 5.32 Å². The summed E-state index contributed by atoms with van der Waals surface area (Å²) in [4.78, 5) is 11.9. The second-order valence-electron chi connectivity index (χ2n) is 4.02. The minimum atomic E-state index is 0.0355. The Labute approximate surface area is 108 Å². The number of carbonyl (C=O) groups excluding carboxylic acids is 1. The molecule has 0 spiro atoms. The summed E-state index contributed by atoms with van der Waals surface area (Å²) in [5.41, 5.74) is 1.90. The SMILES string of the molecule is CCc1ccccc1C(=O)NCCCCCCl. The van der Waals surface area contributed by atoms with Crippen LogP contribution in [-0.4, -0.2) is 18.3 Å². The van der Waals surface area contributed by atoms with Crippen LogP contribution in [0.3, 0.4) is 0 Å². The van der Waals surface area contributed by atoms with Crippen LogP contribution >= 0.6 is 11.6 Å². The van der Waals surface area contributed by atoms with Crippen LogP contribution in [0.4, 0.5) is 0 Å². The first-order chi connectivity index (χ1) is 8.29. The number of nitrogens with one attached hydrogen (secondary N) is 1. The van der Waals surface area contributed by atoms with E-state index in [4.69, 9.17) is 11.6 Å². The first-order valence-electron chi connectivity index (χ1n) is 6.21. The van der Waals surface area contributed by atoms with E-state index in [1.54, 1.807) is 0 Å². The van der Waals surface area contributed by atoms with Gasteiger partial charge in [-0.15, -0.1) is 11.6 Å². The van der Waals surface area contributed by atoms with Crippen LogP contribution in [-0.2, 0) is 6.42 Å². The average molecular weight is 254 g/mol. The van der Waals surface area contributed by atoms with Crippen LogP contribution in [0.1, 0.15) is 42.1 Å². The molecule has 1 rings (SSSR count). The van der Waals surface area contributed by atoms with Crippen molar-refractivity contribution in [2.75, 3.05) is 12.4 Å². The largest absolute Gasteiger partial charge is 0.352 e. The van der Waals surface area contributed by atoms with Crippen LogP contribution in [0, 0.1) is 0 Å². The molecule has 1 N–H and O–H groups in total. The van der Waals surface area contributed by atoms with E-state index < -0.39 is 0 Å². The van der Waals surface area contributed by atoms with Crippen molar-refractivity contribution in [2.24, 2.45) is 0 Å². The molecule has 1 amide bonds. The number of hydrogen-bond acceptors (Lipinski definition) is 1. The Morgan fingerprint density at radius 2 is 2.00 bits per heavy atom. The Kier molecular flexibility index (Phi) is 6.71. The van der Waals surface area contributed by atoms with Crippen molar-refractivity contribution in [3.8, 4) is 0 Å². The molecule has 0 fully saturated rings. The molecule has 3 heteroatoms. The second-order valence-corrected chi connectivity index (χ2v) is 4.39. The number of halogens is 1. The van der Waals surface area contributed by atoms with Gasteiger partial charge >= 0.3 is 0 Å². The van der Waals surface area contributed by atoms with Crippen molar-refractivity contribution in [3.63, 3.8) is 0 Å². The van der Waals surface area contributed by atoms with Gasteiger partial charge in [-0.3, -0.25) is 4.79 Å². The molecule has 94 valence electrons. The topological polar surface area (TPSA) is 29.1 Å². The Bertz CT molecular complexity index is 352. The molecule has 0 unspecified atom stereocenters. The minimum Gasteiger partial charge on any atom is -0.352 e. The molecule has 0 aromatic heterocycles. The van der Waals surface area contributed by atoms with Crippen LogP contribution in [0.25, 0.3) is 0 Å². The van der Waals surface area contributed by atoms with Crippen molar-refractivity contribution in [3.05, 3.63) is 35.4 Å². The summed E-state index contributed by atoms with van der Waals surface area (Å²) in [6.45, 7) is 2.79. The van der Waals surface area contributed by atoms with Gasteiger partial charge in [0.15, 0.2) is 0 Å². The number of benzene rings is 1. The van der Waals surface area contributed by atoms with Crippen LogP contribution in [0.2, 0.25) is 0 Å². The van der Waals surface area contributed by atoms with Gasteiger partial charge in [0.05, 0.1) is 0 Å². The maximum Gasteiger partial charge on any atom is 0.251 e. The molecule has 1 aromatic carbocycles. The van der Waals surface area contributed by atoms with Crippen LogP contribution in [0.15, 0.2) is 24.3 Å². The zero-order valence-corrected chi connectivity index (χ0v) is 11.1. The van der Waals surface area contributed by atoms with Gasteiger partial charge in [-0.2, -0.15) is 0 Å². The number of amides is 1. The maximum absolute atomic E-state index is 11.9. The van der Waals surface area contributed by atoms with E-state index in [0.29, 0.717) is 5.88 Å². The van der Waals surface area contributed by atoms with Crippen molar-refractivity contribution in [2.45, 2.75) is 32.6 Å². The lowest BCUT2D eigenvalue weighted by molar-refractivity contribution is 0.0952. The summed E-state index contributed by atoms with van der Waals surface area (Å²) in [6, 6.07) is 7.76. The standard InChI is InChI=1S/C14H20ClNO/c1-2-12-8-4-5-9-13(12)14(17)16-11-7-3-6-10-15/h4-5,8-9H,2-3,6-7,10-11H2,1H3,(H,16,17). The summed E-state index contributed by atoms with van der Waals surface area (Å²) in [5, 5.41) is 2.95. The molecule has 0 aliphatic heterocycles. The van der Waals surface area contributed by atoms with Crippen LogP contribution < -0.4 is 5.32 Å². The molecular weight excluding hydrogens is 234 g/mol. The van der Waals surface area contributed by atoms with Gasteiger partial charge in [0.2, 0.25) is 0 Å². The summed E-state index contributed by atoms with van der Waals surface area (Å²) in [6.07, 6.45) is 3.96. The monoisotopic (exact) mass is 253 g/mol. The lowest BCUT2D eigenvalue weighted by atomic mass is 10.0. The van der Waals surface area contributed by atoms with Crippen molar-refractivity contribution in [1.82, 2.24) is 5.32 Å². The van der Waals surface area contributed by atoms with Gasteiger partial charge in [-0.05, 0) is 30.9 Å². The van der Waals surface area contributed by atoms with E-state index in [-0.39, 0.29) is 5.91 Å². The molecule has 17 heavy (non-hydrogen) atoms. The molecule has 0 radical (unpaired) electrons. The van der Waals surface area contributed by atoms with Gasteiger partial charge in [0, 0.05) is 18.0 Å². The Hall–Kier alpha value is -1.02. The molecule has 1 aromatic rings.